The van der Waals surface area contributed by atoms with Gasteiger partial charge in [0.1, 0.15) is 11.5 Å². The van der Waals surface area contributed by atoms with Gasteiger partial charge in [-0.05, 0) is 81.3 Å². The maximum Gasteiger partial charge on any atom is 0.122 e. The van der Waals surface area contributed by atoms with Crippen LogP contribution in [0.15, 0.2) is 111 Å². The number of fused-ring (bicyclic) bond motifs is 3. The van der Waals surface area contributed by atoms with Gasteiger partial charge in [-0.25, -0.2) is 0 Å². The second-order valence-corrected chi connectivity index (χ2v) is 10.4. The number of allylic oxidation sites excluding steroid dienone is 3. The van der Waals surface area contributed by atoms with Gasteiger partial charge in [-0.15, -0.1) is 19.7 Å². The molecule has 1 aliphatic rings. The van der Waals surface area contributed by atoms with Crippen LogP contribution in [0.1, 0.15) is 57.9 Å². The van der Waals surface area contributed by atoms with Crippen molar-refractivity contribution >= 4 is 0 Å². The maximum absolute atomic E-state index is 11.2. The lowest BCUT2D eigenvalue weighted by Crippen LogP contribution is -2.29. The van der Waals surface area contributed by atoms with E-state index in [0.717, 1.165) is 46.2 Å². The highest BCUT2D eigenvalue weighted by atomic mass is 16.3. The van der Waals surface area contributed by atoms with E-state index in [-0.39, 0.29) is 0 Å². The van der Waals surface area contributed by atoms with Crippen LogP contribution in [0.25, 0.3) is 11.1 Å². The molecule has 0 aliphatic heterocycles. The zero-order valence-corrected chi connectivity index (χ0v) is 22.7. The Labute approximate surface area is 232 Å². The quantitative estimate of drug-likeness (QED) is 0.184. The molecule has 4 aromatic carbocycles. The van der Waals surface area contributed by atoms with Gasteiger partial charge in [-0.3, -0.25) is 0 Å². The van der Waals surface area contributed by atoms with Crippen LogP contribution in [-0.2, 0) is 31.1 Å². The Morgan fingerprint density at radius 1 is 0.615 bits per heavy atom. The van der Waals surface area contributed by atoms with E-state index < -0.39 is 5.41 Å². The average Bonchev–Trinajstić information content (AvgIpc) is 3.25. The topological polar surface area (TPSA) is 40.5 Å². The predicted molar refractivity (Wildman–Crippen MR) is 163 cm³/mol. The van der Waals surface area contributed by atoms with Gasteiger partial charge in [-0.2, -0.15) is 0 Å². The van der Waals surface area contributed by atoms with Crippen LogP contribution in [0.4, 0.5) is 0 Å². The molecule has 0 fully saturated rings. The van der Waals surface area contributed by atoms with Crippen molar-refractivity contribution in [3.63, 3.8) is 0 Å². The summed E-state index contributed by atoms with van der Waals surface area (Å²) in [6.45, 7) is 14.0. The van der Waals surface area contributed by atoms with Crippen molar-refractivity contribution in [2.24, 2.45) is 0 Å². The Kier molecular flexibility index (Phi) is 7.30. The van der Waals surface area contributed by atoms with Gasteiger partial charge in [0, 0.05) is 0 Å². The molecule has 0 unspecified atom stereocenters. The smallest absolute Gasteiger partial charge is 0.122 e. The summed E-state index contributed by atoms with van der Waals surface area (Å²) >= 11 is 0. The predicted octanol–water partition coefficient (Wildman–Crippen LogP) is 8.60. The number of hydrogen-bond donors (Lipinski definition) is 2. The molecule has 2 heteroatoms. The van der Waals surface area contributed by atoms with Crippen molar-refractivity contribution in [3.8, 4) is 22.6 Å². The van der Waals surface area contributed by atoms with E-state index in [2.05, 4.69) is 99.5 Å². The van der Waals surface area contributed by atoms with Crippen molar-refractivity contribution in [1.29, 1.82) is 0 Å². The maximum atomic E-state index is 11.2. The lowest BCUT2D eigenvalue weighted by Gasteiger charge is -2.35. The second kappa shape index (κ2) is 10.8. The summed E-state index contributed by atoms with van der Waals surface area (Å²) in [4.78, 5) is 0. The number of aromatic hydroxyl groups is 2. The summed E-state index contributed by atoms with van der Waals surface area (Å²) < 4.78 is 0. The summed E-state index contributed by atoms with van der Waals surface area (Å²) in [5.74, 6) is 0.665. The fourth-order valence-electron chi connectivity index (χ4n) is 6.37. The lowest BCUT2D eigenvalue weighted by atomic mass is 9.66. The monoisotopic (exact) mass is 512 g/mol. The van der Waals surface area contributed by atoms with Crippen molar-refractivity contribution in [3.05, 3.63) is 155 Å². The summed E-state index contributed by atoms with van der Waals surface area (Å²) in [5.41, 5.74) is 9.87. The zero-order valence-electron chi connectivity index (χ0n) is 22.7. The molecule has 0 spiro atoms. The molecule has 0 saturated heterocycles. The Bertz CT molecular complexity index is 1500. The lowest BCUT2D eigenvalue weighted by molar-refractivity contribution is 0.461. The van der Waals surface area contributed by atoms with Crippen molar-refractivity contribution in [2.45, 2.75) is 44.4 Å². The number of rotatable bonds is 10. The van der Waals surface area contributed by atoms with Crippen molar-refractivity contribution in [1.82, 2.24) is 0 Å². The van der Waals surface area contributed by atoms with Crippen LogP contribution in [0, 0.1) is 0 Å². The third kappa shape index (κ3) is 4.21. The van der Waals surface area contributed by atoms with Crippen molar-refractivity contribution in [2.75, 3.05) is 0 Å². The minimum atomic E-state index is -0.640. The first-order chi connectivity index (χ1) is 19.0. The van der Waals surface area contributed by atoms with Crippen LogP contribution in [-0.4, -0.2) is 10.2 Å². The van der Waals surface area contributed by atoms with Crippen LogP contribution in [0.3, 0.4) is 0 Å². The molecule has 0 amide bonds. The Morgan fingerprint density at radius 3 is 1.41 bits per heavy atom. The SMILES string of the molecule is C=CCc1cc(C2(c3cc(CC=C)c(O)c(CCC)c3)c3ccccc3-c3ccccc32)cc(CC=C)c1O. The minimum Gasteiger partial charge on any atom is -0.507 e. The molecular formula is C37H36O2. The van der Waals surface area contributed by atoms with Gasteiger partial charge in [0.05, 0.1) is 5.41 Å². The Morgan fingerprint density at radius 2 is 1.00 bits per heavy atom. The first-order valence-corrected chi connectivity index (χ1v) is 13.7. The van der Waals surface area contributed by atoms with Gasteiger partial charge in [-0.1, -0.05) is 104 Å². The molecule has 5 rings (SSSR count). The molecule has 196 valence electrons. The van der Waals surface area contributed by atoms with Gasteiger partial charge in [0.2, 0.25) is 0 Å². The van der Waals surface area contributed by atoms with E-state index in [1.54, 1.807) is 0 Å². The minimum absolute atomic E-state index is 0.304. The zero-order chi connectivity index (χ0) is 27.6. The number of phenolic OH excluding ortho intramolecular Hbond substituents is 2. The first-order valence-electron chi connectivity index (χ1n) is 13.7. The van der Waals surface area contributed by atoms with E-state index >= 15 is 0 Å². The van der Waals surface area contributed by atoms with Crippen molar-refractivity contribution < 1.29 is 10.2 Å². The highest BCUT2D eigenvalue weighted by molar-refractivity contribution is 5.86. The largest absolute Gasteiger partial charge is 0.507 e. The molecule has 0 heterocycles. The number of hydrogen-bond acceptors (Lipinski definition) is 2. The molecule has 1 aliphatic carbocycles. The molecule has 0 atom stereocenters. The fourth-order valence-corrected chi connectivity index (χ4v) is 6.37. The first kappa shape index (κ1) is 26.3. The summed E-state index contributed by atoms with van der Waals surface area (Å²) in [5, 5.41) is 22.4. The molecule has 2 N–H and O–H groups in total. The van der Waals surface area contributed by atoms with Crippen LogP contribution < -0.4 is 0 Å². The molecular weight excluding hydrogens is 476 g/mol. The summed E-state index contributed by atoms with van der Waals surface area (Å²) in [6, 6.07) is 25.9. The van der Waals surface area contributed by atoms with Crippen LogP contribution in [0.5, 0.6) is 11.5 Å². The van der Waals surface area contributed by atoms with Crippen LogP contribution in [0.2, 0.25) is 0 Å². The second-order valence-electron chi connectivity index (χ2n) is 10.4. The number of phenols is 2. The van der Waals surface area contributed by atoms with E-state index in [9.17, 15) is 10.2 Å². The Hall–Kier alpha value is -4.30. The average molecular weight is 513 g/mol. The van der Waals surface area contributed by atoms with Crippen LogP contribution >= 0.6 is 0 Å². The highest BCUT2D eigenvalue weighted by Crippen LogP contribution is 2.57. The van der Waals surface area contributed by atoms with E-state index in [4.69, 9.17) is 0 Å². The summed E-state index contributed by atoms with van der Waals surface area (Å²) in [7, 11) is 0. The van der Waals surface area contributed by atoms with E-state index in [1.807, 2.05) is 18.2 Å². The normalized spacial score (nSPS) is 12.9. The number of benzene rings is 4. The summed E-state index contributed by atoms with van der Waals surface area (Å²) in [6.07, 6.45) is 8.92. The molecule has 0 radical (unpaired) electrons. The Balaban J connectivity index is 1.97. The van der Waals surface area contributed by atoms with Gasteiger partial charge < -0.3 is 10.2 Å². The number of aryl methyl sites for hydroxylation is 1. The van der Waals surface area contributed by atoms with Gasteiger partial charge in [0.25, 0.3) is 0 Å². The highest BCUT2D eigenvalue weighted by Gasteiger charge is 2.46. The standard InChI is InChI=1S/C37H36O2/c1-5-13-25-21-29(22-26(14-6-2)35(25)38)37(30-23-27(15-7-3)36(39)28(24-30)16-8-4)33-19-11-9-17-31(33)32-18-10-12-20-34(32)37/h5-7,9-12,17-24,38-39H,1-3,8,13-16H2,4H3. The molecule has 4 aromatic rings. The molecule has 0 saturated carbocycles. The van der Waals surface area contributed by atoms with E-state index in [0.29, 0.717) is 30.8 Å². The molecule has 2 nitrogen and oxygen atoms in total. The third-order valence-corrected chi connectivity index (χ3v) is 7.97. The van der Waals surface area contributed by atoms with Gasteiger partial charge >= 0.3 is 0 Å². The van der Waals surface area contributed by atoms with E-state index in [1.165, 1.54) is 22.3 Å². The molecule has 0 bridgehead atoms. The van der Waals surface area contributed by atoms with Gasteiger partial charge in [0.15, 0.2) is 0 Å². The third-order valence-electron chi connectivity index (χ3n) is 7.97. The fraction of sp³-hybridized carbons (Fsp3) is 0.189. The molecule has 0 aromatic heterocycles. The molecule has 39 heavy (non-hydrogen) atoms.